The zero-order valence-electron chi connectivity index (χ0n) is 14.2. The zero-order chi connectivity index (χ0) is 19.0. The molecule has 2 heterocycles. The summed E-state index contributed by atoms with van der Waals surface area (Å²) in [6, 6.07) is 4.26. The van der Waals surface area contributed by atoms with Gasteiger partial charge in [0.25, 0.3) is 0 Å². The fraction of sp³-hybridized carbons (Fsp3) is 0.278. The number of urea groups is 1. The lowest BCUT2D eigenvalue weighted by Gasteiger charge is -2.41. The van der Waals surface area contributed by atoms with Gasteiger partial charge in [0, 0.05) is 18.2 Å². The predicted octanol–water partition coefficient (Wildman–Crippen LogP) is 2.93. The number of primary amides is 1. The van der Waals surface area contributed by atoms with Crippen molar-refractivity contribution in [3.63, 3.8) is 0 Å². The smallest absolute Gasteiger partial charge is 0.323 e. The Morgan fingerprint density at radius 1 is 1.35 bits per heavy atom. The molecule has 0 fully saturated rings. The summed E-state index contributed by atoms with van der Waals surface area (Å²) in [5.41, 5.74) is 6.77. The quantitative estimate of drug-likeness (QED) is 0.879. The molecule has 1 unspecified atom stereocenters. The average molecular weight is 360 g/mol. The maximum Gasteiger partial charge on any atom is 0.323 e. The summed E-state index contributed by atoms with van der Waals surface area (Å²) in [6.45, 7) is 3.29. The summed E-state index contributed by atoms with van der Waals surface area (Å²) in [7, 11) is 0. The number of hydrogen-bond acceptors (Lipinski definition) is 3. The first-order valence-corrected chi connectivity index (χ1v) is 8.09. The van der Waals surface area contributed by atoms with E-state index in [-0.39, 0.29) is 5.56 Å². The van der Waals surface area contributed by atoms with Crippen molar-refractivity contribution >= 4 is 17.6 Å². The molecule has 6 nitrogen and oxygen atoms in total. The number of carbonyl (C=O) groups is 2. The number of nitrogens with two attached hydrogens (primary N) is 1. The molecule has 0 bridgehead atoms. The van der Waals surface area contributed by atoms with Crippen molar-refractivity contribution in [1.29, 1.82) is 0 Å². The van der Waals surface area contributed by atoms with Crippen LogP contribution in [0.2, 0.25) is 0 Å². The van der Waals surface area contributed by atoms with Gasteiger partial charge in [-0.3, -0.25) is 9.78 Å². The van der Waals surface area contributed by atoms with Gasteiger partial charge in [0.1, 0.15) is 17.7 Å². The molecule has 1 aromatic carbocycles. The van der Waals surface area contributed by atoms with Crippen LogP contribution < -0.4 is 11.1 Å². The number of fused-ring (bicyclic) bond motifs is 1. The molecule has 1 aromatic heterocycles. The molecule has 3 rings (SSSR count). The van der Waals surface area contributed by atoms with E-state index < -0.39 is 41.6 Å². The van der Waals surface area contributed by atoms with Crippen LogP contribution in [-0.4, -0.2) is 27.9 Å². The van der Waals surface area contributed by atoms with Gasteiger partial charge in [-0.1, -0.05) is 13.0 Å². The van der Waals surface area contributed by atoms with Crippen LogP contribution in [0, 0.1) is 11.6 Å². The Morgan fingerprint density at radius 3 is 2.73 bits per heavy atom. The van der Waals surface area contributed by atoms with Crippen LogP contribution in [0.4, 0.5) is 19.3 Å². The van der Waals surface area contributed by atoms with Crippen LogP contribution in [0.25, 0.3) is 0 Å². The summed E-state index contributed by atoms with van der Waals surface area (Å²) in [5, 5.41) is 2.67. The van der Waals surface area contributed by atoms with Gasteiger partial charge < -0.3 is 16.0 Å². The van der Waals surface area contributed by atoms with E-state index in [9.17, 15) is 18.4 Å². The monoisotopic (exact) mass is 360 g/mol. The summed E-state index contributed by atoms with van der Waals surface area (Å²) in [6.07, 6.45) is 1.58. The van der Waals surface area contributed by atoms with Crippen molar-refractivity contribution in [2.24, 2.45) is 5.73 Å². The van der Waals surface area contributed by atoms with Gasteiger partial charge in [-0.05, 0) is 30.7 Å². The largest absolute Gasteiger partial charge is 0.368 e. The molecule has 0 aliphatic carbocycles. The summed E-state index contributed by atoms with van der Waals surface area (Å²) < 4.78 is 27.4. The minimum Gasteiger partial charge on any atom is -0.368 e. The van der Waals surface area contributed by atoms with E-state index in [0.29, 0.717) is 11.4 Å². The van der Waals surface area contributed by atoms with Crippen molar-refractivity contribution in [2.45, 2.75) is 31.8 Å². The van der Waals surface area contributed by atoms with Crippen molar-refractivity contribution in [2.75, 3.05) is 5.32 Å². The van der Waals surface area contributed by atoms with E-state index in [1.54, 1.807) is 32.2 Å². The van der Waals surface area contributed by atoms with E-state index in [0.717, 1.165) is 12.1 Å². The van der Waals surface area contributed by atoms with Crippen LogP contribution in [0.5, 0.6) is 0 Å². The molecule has 8 heteroatoms. The molecule has 3 atom stereocenters. The summed E-state index contributed by atoms with van der Waals surface area (Å²) in [4.78, 5) is 30.3. The zero-order valence-corrected chi connectivity index (χ0v) is 14.2. The van der Waals surface area contributed by atoms with Crippen LogP contribution in [0.3, 0.4) is 0 Å². The van der Waals surface area contributed by atoms with E-state index in [4.69, 9.17) is 5.73 Å². The highest BCUT2D eigenvalue weighted by molar-refractivity contribution is 5.96. The Labute approximate surface area is 149 Å². The van der Waals surface area contributed by atoms with E-state index in [1.807, 2.05) is 0 Å². The van der Waals surface area contributed by atoms with Gasteiger partial charge in [0.2, 0.25) is 5.91 Å². The number of nitrogens with zero attached hydrogens (tertiary/aromatic N) is 2. The third-order valence-electron chi connectivity index (χ3n) is 4.65. The predicted molar refractivity (Wildman–Crippen MR) is 91.3 cm³/mol. The molecule has 26 heavy (non-hydrogen) atoms. The molecule has 2 aromatic rings. The SMILES string of the molecule is C[C@@H]1c2ncccc2NC(=O)N1C(C(N)=O)[C@@H](C)c1ccc(F)cc1F. The molecule has 1 aliphatic heterocycles. The maximum atomic E-state index is 14.2. The van der Waals surface area contributed by atoms with Crippen LogP contribution in [0.1, 0.15) is 37.1 Å². The number of aromatic nitrogens is 1. The lowest BCUT2D eigenvalue weighted by atomic mass is 9.89. The molecule has 136 valence electrons. The first-order valence-electron chi connectivity index (χ1n) is 8.09. The standard InChI is InChI=1S/C18H18F2N4O2/c1-9(12-6-5-11(19)8-13(12)20)16(17(21)25)24-10(2)15-14(23-18(24)26)4-3-7-22-15/h3-10,16H,1-2H3,(H2,21,25)(H,23,26)/t9-,10+,16?/m0/s1. The topological polar surface area (TPSA) is 88.3 Å². The van der Waals surface area contributed by atoms with E-state index in [1.165, 1.54) is 11.0 Å². The highest BCUT2D eigenvalue weighted by atomic mass is 19.1. The number of halogens is 2. The second-order valence-corrected chi connectivity index (χ2v) is 6.25. The second kappa shape index (κ2) is 6.70. The number of benzene rings is 1. The van der Waals surface area contributed by atoms with Gasteiger partial charge in [0.05, 0.1) is 17.4 Å². The van der Waals surface area contributed by atoms with E-state index in [2.05, 4.69) is 10.3 Å². The van der Waals surface area contributed by atoms with Crippen molar-refractivity contribution in [3.8, 4) is 0 Å². The first-order chi connectivity index (χ1) is 12.3. The van der Waals surface area contributed by atoms with Crippen LogP contribution in [0.15, 0.2) is 36.5 Å². The van der Waals surface area contributed by atoms with Crippen molar-refractivity contribution in [1.82, 2.24) is 9.88 Å². The average Bonchev–Trinajstić information content (AvgIpc) is 2.57. The Bertz CT molecular complexity index is 874. The Balaban J connectivity index is 2.02. The van der Waals surface area contributed by atoms with Gasteiger partial charge in [-0.2, -0.15) is 0 Å². The van der Waals surface area contributed by atoms with Gasteiger partial charge in [-0.25, -0.2) is 13.6 Å². The molecule has 0 saturated heterocycles. The molecular formula is C18H18F2N4O2. The molecule has 1 aliphatic rings. The van der Waals surface area contributed by atoms with Gasteiger partial charge in [0.15, 0.2) is 0 Å². The number of anilines is 1. The highest BCUT2D eigenvalue weighted by Gasteiger charge is 2.41. The maximum absolute atomic E-state index is 14.2. The van der Waals surface area contributed by atoms with Crippen molar-refractivity contribution in [3.05, 3.63) is 59.4 Å². The van der Waals surface area contributed by atoms with Crippen molar-refractivity contribution < 1.29 is 18.4 Å². The fourth-order valence-electron chi connectivity index (χ4n) is 3.38. The number of nitrogens with one attached hydrogen (secondary N) is 1. The number of pyridine rings is 1. The summed E-state index contributed by atoms with van der Waals surface area (Å²) in [5.74, 6) is -3.10. The number of amides is 3. The highest BCUT2D eigenvalue weighted by Crippen LogP contribution is 2.36. The van der Waals surface area contributed by atoms with E-state index >= 15 is 0 Å². The normalized spacial score (nSPS) is 18.7. The Morgan fingerprint density at radius 2 is 2.08 bits per heavy atom. The molecule has 3 amide bonds. The lowest BCUT2D eigenvalue weighted by molar-refractivity contribution is -0.123. The minimum absolute atomic E-state index is 0.0991. The molecule has 0 saturated carbocycles. The molecule has 0 radical (unpaired) electrons. The molecular weight excluding hydrogens is 342 g/mol. The second-order valence-electron chi connectivity index (χ2n) is 6.25. The molecule has 3 N–H and O–H groups in total. The number of carbonyl (C=O) groups excluding carboxylic acids is 2. The third-order valence-corrected chi connectivity index (χ3v) is 4.65. The number of rotatable bonds is 4. The number of hydrogen-bond donors (Lipinski definition) is 2. The fourth-order valence-corrected chi connectivity index (χ4v) is 3.38. The Kier molecular flexibility index (Phi) is 4.58. The van der Waals surface area contributed by atoms with Crippen LogP contribution >= 0.6 is 0 Å². The first kappa shape index (κ1) is 17.8. The van der Waals surface area contributed by atoms with Gasteiger partial charge >= 0.3 is 6.03 Å². The Hall–Kier alpha value is -3.03. The van der Waals surface area contributed by atoms with Crippen LogP contribution in [-0.2, 0) is 4.79 Å². The molecule has 0 spiro atoms. The minimum atomic E-state index is -1.14. The van der Waals surface area contributed by atoms with Gasteiger partial charge in [-0.15, -0.1) is 0 Å². The third kappa shape index (κ3) is 2.98. The lowest BCUT2D eigenvalue weighted by Crippen LogP contribution is -2.55. The summed E-state index contributed by atoms with van der Waals surface area (Å²) >= 11 is 0.